The van der Waals surface area contributed by atoms with Gasteiger partial charge < -0.3 is 9.64 Å². The first kappa shape index (κ1) is 19.7. The average Bonchev–Trinajstić information content (AvgIpc) is 3.21. The minimum Gasteiger partial charge on any atom is -0.406 e. The SMILES string of the molecule is C=CC(=O)N1CCC2(CCN(S(=O)(=O)c3cccc(OC(F)(F)F)c3)C2)C1. The van der Waals surface area contributed by atoms with Crippen molar-refractivity contribution in [3.63, 3.8) is 0 Å². The number of amides is 1. The number of nitrogens with zero attached hydrogens (tertiary/aromatic N) is 2. The van der Waals surface area contributed by atoms with Crippen molar-refractivity contribution < 1.29 is 31.1 Å². The van der Waals surface area contributed by atoms with Crippen molar-refractivity contribution in [2.75, 3.05) is 26.2 Å². The predicted molar refractivity (Wildman–Crippen MR) is 90.3 cm³/mol. The number of rotatable bonds is 4. The van der Waals surface area contributed by atoms with Crippen molar-refractivity contribution in [3.05, 3.63) is 36.9 Å². The molecular weight excluding hydrogens is 385 g/mol. The van der Waals surface area contributed by atoms with Crippen LogP contribution in [0.5, 0.6) is 5.75 Å². The number of alkyl halides is 3. The number of carbonyl (C=O) groups excluding carboxylic acids is 1. The summed E-state index contributed by atoms with van der Waals surface area (Å²) in [6, 6.07) is 4.37. The molecule has 2 fully saturated rings. The lowest BCUT2D eigenvalue weighted by Crippen LogP contribution is -2.35. The van der Waals surface area contributed by atoms with Crippen LogP contribution in [0.3, 0.4) is 0 Å². The standard InChI is InChI=1S/C17H19F3N2O4S/c1-2-15(23)21-8-6-16(11-21)7-9-22(12-16)27(24,25)14-5-3-4-13(10-14)26-17(18,19)20/h2-5,10H,1,6-9,11-12H2. The number of halogens is 3. The molecule has 2 saturated heterocycles. The fraction of sp³-hybridized carbons (Fsp3) is 0.471. The summed E-state index contributed by atoms with van der Waals surface area (Å²) in [5.41, 5.74) is -0.328. The molecule has 2 aliphatic rings. The first-order chi connectivity index (χ1) is 12.5. The van der Waals surface area contributed by atoms with Crippen LogP contribution >= 0.6 is 0 Å². The molecule has 27 heavy (non-hydrogen) atoms. The van der Waals surface area contributed by atoms with Crippen LogP contribution in [-0.4, -0.2) is 56.1 Å². The third-order valence-electron chi connectivity index (χ3n) is 5.00. The molecule has 148 valence electrons. The largest absolute Gasteiger partial charge is 0.573 e. The molecule has 1 spiro atoms. The van der Waals surface area contributed by atoms with E-state index in [2.05, 4.69) is 11.3 Å². The highest BCUT2D eigenvalue weighted by atomic mass is 32.2. The van der Waals surface area contributed by atoms with Crippen molar-refractivity contribution in [3.8, 4) is 5.75 Å². The Balaban J connectivity index is 1.76. The molecule has 3 rings (SSSR count). The van der Waals surface area contributed by atoms with Crippen LogP contribution in [0.25, 0.3) is 0 Å². The van der Waals surface area contributed by atoms with E-state index >= 15 is 0 Å². The highest BCUT2D eigenvalue weighted by Crippen LogP contribution is 2.41. The lowest BCUT2D eigenvalue weighted by atomic mass is 9.87. The van der Waals surface area contributed by atoms with E-state index in [1.165, 1.54) is 22.5 Å². The predicted octanol–water partition coefficient (Wildman–Crippen LogP) is 2.38. The maximum atomic E-state index is 12.9. The van der Waals surface area contributed by atoms with Gasteiger partial charge in [-0.2, -0.15) is 4.31 Å². The maximum Gasteiger partial charge on any atom is 0.573 e. The summed E-state index contributed by atoms with van der Waals surface area (Å²) in [6.07, 6.45) is -2.40. The van der Waals surface area contributed by atoms with Crippen molar-refractivity contribution in [2.45, 2.75) is 24.1 Å². The Morgan fingerprint density at radius 1 is 1.22 bits per heavy atom. The van der Waals surface area contributed by atoms with Gasteiger partial charge in [-0.3, -0.25) is 4.79 Å². The summed E-state index contributed by atoms with van der Waals surface area (Å²) >= 11 is 0. The Morgan fingerprint density at radius 3 is 2.59 bits per heavy atom. The summed E-state index contributed by atoms with van der Waals surface area (Å²) in [5, 5.41) is 0. The van der Waals surface area contributed by atoms with Crippen molar-refractivity contribution in [2.24, 2.45) is 5.41 Å². The summed E-state index contributed by atoms with van der Waals surface area (Å²) < 4.78 is 67.9. The van der Waals surface area contributed by atoms with Gasteiger partial charge in [-0.05, 0) is 31.1 Å². The molecule has 1 unspecified atom stereocenters. The Bertz CT molecular complexity index is 856. The molecule has 0 aromatic heterocycles. The zero-order valence-corrected chi connectivity index (χ0v) is 15.2. The summed E-state index contributed by atoms with van der Waals surface area (Å²) in [6.45, 7) is 4.91. The molecule has 2 aliphatic heterocycles. The highest BCUT2D eigenvalue weighted by molar-refractivity contribution is 7.89. The third kappa shape index (κ3) is 4.11. The van der Waals surface area contributed by atoms with E-state index < -0.39 is 22.1 Å². The van der Waals surface area contributed by atoms with Gasteiger partial charge in [0.05, 0.1) is 4.90 Å². The second-order valence-corrected chi connectivity index (χ2v) is 8.76. The van der Waals surface area contributed by atoms with E-state index in [4.69, 9.17) is 0 Å². The van der Waals surface area contributed by atoms with E-state index in [0.29, 0.717) is 25.9 Å². The van der Waals surface area contributed by atoms with Gasteiger partial charge in [0.25, 0.3) is 0 Å². The molecule has 1 aromatic rings. The Kier molecular flexibility index (Phi) is 4.98. The zero-order chi connectivity index (χ0) is 19.9. The maximum absolute atomic E-state index is 12.9. The van der Waals surface area contributed by atoms with Gasteiger partial charge in [-0.1, -0.05) is 12.6 Å². The topological polar surface area (TPSA) is 66.9 Å². The molecule has 6 nitrogen and oxygen atoms in total. The number of ether oxygens (including phenoxy) is 1. The van der Waals surface area contributed by atoms with E-state index in [1.54, 1.807) is 4.90 Å². The quantitative estimate of drug-likeness (QED) is 0.723. The van der Waals surface area contributed by atoms with Gasteiger partial charge in [0, 0.05) is 37.7 Å². The minimum absolute atomic E-state index is 0.190. The first-order valence-corrected chi connectivity index (χ1v) is 9.76. The minimum atomic E-state index is -4.90. The number of sulfonamides is 1. The summed E-state index contributed by atoms with van der Waals surface area (Å²) in [5.74, 6) is -0.772. The zero-order valence-electron chi connectivity index (χ0n) is 14.4. The fourth-order valence-electron chi connectivity index (χ4n) is 3.67. The molecule has 0 saturated carbocycles. The number of hydrogen-bond acceptors (Lipinski definition) is 4. The van der Waals surface area contributed by atoms with Gasteiger partial charge >= 0.3 is 6.36 Å². The summed E-state index contributed by atoms with van der Waals surface area (Å²) in [4.78, 5) is 13.2. The van der Waals surface area contributed by atoms with Crippen LogP contribution in [0, 0.1) is 5.41 Å². The first-order valence-electron chi connectivity index (χ1n) is 8.32. The fourth-order valence-corrected chi connectivity index (χ4v) is 5.25. The van der Waals surface area contributed by atoms with Gasteiger partial charge in [-0.15, -0.1) is 13.2 Å². The van der Waals surface area contributed by atoms with E-state index in [0.717, 1.165) is 12.1 Å². The number of carbonyl (C=O) groups is 1. The number of benzene rings is 1. The molecule has 1 aromatic carbocycles. The van der Waals surface area contributed by atoms with Crippen LogP contribution in [0.4, 0.5) is 13.2 Å². The van der Waals surface area contributed by atoms with Gasteiger partial charge in [0.15, 0.2) is 0 Å². The van der Waals surface area contributed by atoms with Gasteiger partial charge in [0.2, 0.25) is 15.9 Å². The van der Waals surface area contributed by atoms with Crippen molar-refractivity contribution in [1.82, 2.24) is 9.21 Å². The monoisotopic (exact) mass is 404 g/mol. The van der Waals surface area contributed by atoms with Crippen molar-refractivity contribution in [1.29, 1.82) is 0 Å². The number of hydrogen-bond donors (Lipinski definition) is 0. The van der Waals surface area contributed by atoms with Gasteiger partial charge in [0.1, 0.15) is 5.75 Å². The molecule has 1 amide bonds. The van der Waals surface area contributed by atoms with Crippen LogP contribution < -0.4 is 4.74 Å². The molecule has 0 bridgehead atoms. The molecule has 0 aliphatic carbocycles. The molecule has 10 heteroatoms. The average molecular weight is 404 g/mol. The van der Waals surface area contributed by atoms with E-state index in [9.17, 15) is 26.4 Å². The molecule has 2 heterocycles. The van der Waals surface area contributed by atoms with Crippen LogP contribution in [0.2, 0.25) is 0 Å². The molecule has 0 N–H and O–H groups in total. The summed E-state index contributed by atoms with van der Waals surface area (Å²) in [7, 11) is -3.96. The smallest absolute Gasteiger partial charge is 0.406 e. The van der Waals surface area contributed by atoms with Crippen LogP contribution in [0.1, 0.15) is 12.8 Å². The van der Waals surface area contributed by atoms with E-state index in [1.807, 2.05) is 0 Å². The van der Waals surface area contributed by atoms with Crippen LogP contribution in [0.15, 0.2) is 41.8 Å². The molecule has 0 radical (unpaired) electrons. The molecular formula is C17H19F3N2O4S. The highest BCUT2D eigenvalue weighted by Gasteiger charge is 2.47. The lowest BCUT2D eigenvalue weighted by Gasteiger charge is -2.24. The second-order valence-electron chi connectivity index (χ2n) is 6.83. The third-order valence-corrected chi connectivity index (χ3v) is 6.85. The van der Waals surface area contributed by atoms with Crippen LogP contribution in [-0.2, 0) is 14.8 Å². The number of likely N-dealkylation sites (tertiary alicyclic amines) is 1. The van der Waals surface area contributed by atoms with E-state index in [-0.39, 0.29) is 29.3 Å². The Labute approximate surface area is 155 Å². The van der Waals surface area contributed by atoms with Crippen molar-refractivity contribution >= 4 is 15.9 Å². The second kappa shape index (κ2) is 6.83. The Hall–Kier alpha value is -2.07. The molecule has 1 atom stereocenters. The Morgan fingerprint density at radius 2 is 1.93 bits per heavy atom. The normalized spacial score (nSPS) is 23.7. The lowest BCUT2D eigenvalue weighted by molar-refractivity contribution is -0.274. The van der Waals surface area contributed by atoms with Gasteiger partial charge in [-0.25, -0.2) is 8.42 Å².